The Morgan fingerprint density at radius 1 is 1.60 bits per heavy atom. The first-order valence-electron chi connectivity index (χ1n) is 3.28. The number of hydrogen-bond acceptors (Lipinski definition) is 2. The Morgan fingerprint density at radius 3 is 2.60 bits per heavy atom. The number of terminal acetylenes is 1. The maximum atomic E-state index is 8.46. The van der Waals surface area contributed by atoms with Crippen molar-refractivity contribution in [3.8, 4) is 18.4 Å². The Hall–Kier alpha value is -0.990. The molecule has 2 nitrogen and oxygen atoms in total. The van der Waals surface area contributed by atoms with E-state index >= 15 is 0 Å². The monoisotopic (exact) mass is 136 g/mol. The van der Waals surface area contributed by atoms with Gasteiger partial charge in [-0.15, -0.1) is 6.42 Å². The molecule has 54 valence electrons. The SMILES string of the molecule is C#CCNC(C)C(C)C#N. The van der Waals surface area contributed by atoms with Crippen LogP contribution in [-0.4, -0.2) is 12.6 Å². The molecule has 0 fully saturated rings. The van der Waals surface area contributed by atoms with Gasteiger partial charge in [0.1, 0.15) is 0 Å². The molecule has 0 aromatic rings. The molecule has 0 aromatic carbocycles. The van der Waals surface area contributed by atoms with Gasteiger partial charge in [0, 0.05) is 6.04 Å². The zero-order chi connectivity index (χ0) is 7.98. The fourth-order valence-corrected chi connectivity index (χ4v) is 0.508. The van der Waals surface area contributed by atoms with Crippen molar-refractivity contribution in [1.82, 2.24) is 5.32 Å². The van der Waals surface area contributed by atoms with Crippen LogP contribution in [0.15, 0.2) is 0 Å². The average Bonchev–Trinajstić information content (AvgIpc) is 1.98. The van der Waals surface area contributed by atoms with Crippen molar-refractivity contribution in [3.63, 3.8) is 0 Å². The van der Waals surface area contributed by atoms with E-state index in [0.29, 0.717) is 6.54 Å². The molecule has 10 heavy (non-hydrogen) atoms. The molecule has 0 heterocycles. The first kappa shape index (κ1) is 9.01. The Balaban J connectivity index is 3.56. The smallest absolute Gasteiger partial charge is 0.0669 e. The third-order valence-electron chi connectivity index (χ3n) is 1.48. The summed E-state index contributed by atoms with van der Waals surface area (Å²) in [5.74, 6) is 2.48. The topological polar surface area (TPSA) is 35.8 Å². The van der Waals surface area contributed by atoms with Gasteiger partial charge in [0.05, 0.1) is 18.5 Å². The predicted molar refractivity (Wildman–Crippen MR) is 41.1 cm³/mol. The quantitative estimate of drug-likeness (QED) is 0.581. The summed E-state index contributed by atoms with van der Waals surface area (Å²) in [6.07, 6.45) is 5.02. The lowest BCUT2D eigenvalue weighted by Gasteiger charge is -2.12. The lowest BCUT2D eigenvalue weighted by atomic mass is 10.1. The molecule has 0 aromatic heterocycles. The summed E-state index contributed by atoms with van der Waals surface area (Å²) in [6, 6.07) is 2.32. The summed E-state index contributed by atoms with van der Waals surface area (Å²) >= 11 is 0. The highest BCUT2D eigenvalue weighted by molar-refractivity contribution is 4.92. The van der Waals surface area contributed by atoms with Gasteiger partial charge < -0.3 is 5.32 Å². The summed E-state index contributed by atoms with van der Waals surface area (Å²) in [7, 11) is 0. The summed E-state index contributed by atoms with van der Waals surface area (Å²) in [5, 5.41) is 11.5. The molecule has 0 spiro atoms. The van der Waals surface area contributed by atoms with E-state index in [1.807, 2.05) is 13.8 Å². The Morgan fingerprint density at radius 2 is 2.20 bits per heavy atom. The molecule has 0 aliphatic rings. The van der Waals surface area contributed by atoms with Crippen LogP contribution in [-0.2, 0) is 0 Å². The second-order valence-corrected chi connectivity index (χ2v) is 2.29. The van der Waals surface area contributed by atoms with Gasteiger partial charge in [-0.25, -0.2) is 0 Å². The molecular weight excluding hydrogens is 124 g/mol. The van der Waals surface area contributed by atoms with Crippen LogP contribution in [0.1, 0.15) is 13.8 Å². The van der Waals surface area contributed by atoms with E-state index in [4.69, 9.17) is 11.7 Å². The minimum absolute atomic E-state index is 0.0216. The minimum Gasteiger partial charge on any atom is -0.302 e. The molecule has 0 bridgehead atoms. The zero-order valence-corrected chi connectivity index (χ0v) is 6.39. The van der Waals surface area contributed by atoms with Gasteiger partial charge in [-0.1, -0.05) is 5.92 Å². The van der Waals surface area contributed by atoms with Crippen LogP contribution in [0.2, 0.25) is 0 Å². The van der Waals surface area contributed by atoms with Crippen LogP contribution < -0.4 is 5.32 Å². The third-order valence-corrected chi connectivity index (χ3v) is 1.48. The van der Waals surface area contributed by atoms with Crippen LogP contribution >= 0.6 is 0 Å². The second-order valence-electron chi connectivity index (χ2n) is 2.29. The summed E-state index contributed by atoms with van der Waals surface area (Å²) in [6.45, 7) is 4.35. The van der Waals surface area contributed by atoms with Crippen LogP contribution in [0.3, 0.4) is 0 Å². The van der Waals surface area contributed by atoms with Gasteiger partial charge in [0.2, 0.25) is 0 Å². The normalized spacial score (nSPS) is 14.8. The Labute approximate surface area is 62.2 Å². The Bertz CT molecular complexity index is 161. The van der Waals surface area contributed by atoms with Crippen molar-refractivity contribution in [2.24, 2.45) is 5.92 Å². The van der Waals surface area contributed by atoms with E-state index < -0.39 is 0 Å². The van der Waals surface area contributed by atoms with Crippen LogP contribution in [0.25, 0.3) is 0 Å². The zero-order valence-electron chi connectivity index (χ0n) is 6.39. The largest absolute Gasteiger partial charge is 0.302 e. The summed E-state index contributed by atoms with van der Waals surface area (Å²) in [5.41, 5.74) is 0. The van der Waals surface area contributed by atoms with Crippen LogP contribution in [0.4, 0.5) is 0 Å². The number of hydrogen-bond donors (Lipinski definition) is 1. The molecule has 0 amide bonds. The number of nitrogens with zero attached hydrogens (tertiary/aromatic N) is 1. The molecule has 0 rings (SSSR count). The van der Waals surface area contributed by atoms with Crippen LogP contribution in [0, 0.1) is 29.6 Å². The highest BCUT2D eigenvalue weighted by atomic mass is 14.9. The molecular formula is C8H12N2. The lowest BCUT2D eigenvalue weighted by molar-refractivity contribution is 0.492. The maximum absolute atomic E-state index is 8.46. The lowest BCUT2D eigenvalue weighted by Crippen LogP contribution is -2.31. The van der Waals surface area contributed by atoms with E-state index in [1.165, 1.54) is 0 Å². The minimum atomic E-state index is 0.0216. The fourth-order valence-electron chi connectivity index (χ4n) is 0.508. The van der Waals surface area contributed by atoms with Crippen molar-refractivity contribution in [3.05, 3.63) is 0 Å². The van der Waals surface area contributed by atoms with Crippen molar-refractivity contribution >= 4 is 0 Å². The summed E-state index contributed by atoms with van der Waals surface area (Å²) in [4.78, 5) is 0. The fraction of sp³-hybridized carbons (Fsp3) is 0.625. The Kier molecular flexibility index (Phi) is 4.37. The second kappa shape index (κ2) is 4.85. The standard InChI is InChI=1S/C8H12N2/c1-4-5-10-8(3)7(2)6-9/h1,7-8,10H,5H2,2-3H3. The molecule has 1 N–H and O–H groups in total. The van der Waals surface area contributed by atoms with Gasteiger partial charge in [-0.3, -0.25) is 0 Å². The molecule has 0 radical (unpaired) electrons. The van der Waals surface area contributed by atoms with Crippen molar-refractivity contribution in [2.45, 2.75) is 19.9 Å². The van der Waals surface area contributed by atoms with Gasteiger partial charge in [-0.05, 0) is 13.8 Å². The van der Waals surface area contributed by atoms with Gasteiger partial charge in [0.15, 0.2) is 0 Å². The van der Waals surface area contributed by atoms with Gasteiger partial charge in [0.25, 0.3) is 0 Å². The average molecular weight is 136 g/mol. The molecule has 2 unspecified atom stereocenters. The van der Waals surface area contributed by atoms with E-state index in [1.54, 1.807) is 0 Å². The predicted octanol–water partition coefficient (Wildman–Crippen LogP) is 0.757. The molecule has 0 aliphatic carbocycles. The number of nitriles is 1. The third kappa shape index (κ3) is 3.12. The van der Waals surface area contributed by atoms with E-state index in [9.17, 15) is 0 Å². The highest BCUT2D eigenvalue weighted by Gasteiger charge is 2.08. The number of rotatable bonds is 3. The van der Waals surface area contributed by atoms with Gasteiger partial charge in [-0.2, -0.15) is 5.26 Å². The summed E-state index contributed by atoms with van der Waals surface area (Å²) < 4.78 is 0. The van der Waals surface area contributed by atoms with Crippen molar-refractivity contribution in [1.29, 1.82) is 5.26 Å². The first-order chi connectivity index (χ1) is 4.72. The molecule has 2 heteroatoms. The first-order valence-corrected chi connectivity index (χ1v) is 3.28. The van der Waals surface area contributed by atoms with Crippen LogP contribution in [0.5, 0.6) is 0 Å². The highest BCUT2D eigenvalue weighted by Crippen LogP contribution is 1.98. The molecule has 0 aliphatic heterocycles. The number of nitrogens with one attached hydrogen (secondary N) is 1. The molecule has 2 atom stereocenters. The van der Waals surface area contributed by atoms with E-state index in [-0.39, 0.29) is 12.0 Å². The van der Waals surface area contributed by atoms with E-state index in [0.717, 1.165) is 0 Å². The van der Waals surface area contributed by atoms with Crippen molar-refractivity contribution < 1.29 is 0 Å². The van der Waals surface area contributed by atoms with Crippen molar-refractivity contribution in [2.75, 3.05) is 6.54 Å². The van der Waals surface area contributed by atoms with E-state index in [2.05, 4.69) is 17.3 Å². The maximum Gasteiger partial charge on any atom is 0.0669 e. The molecule has 0 saturated heterocycles. The molecule has 0 saturated carbocycles. The van der Waals surface area contributed by atoms with Gasteiger partial charge >= 0.3 is 0 Å².